The molecule has 2 nitrogen and oxygen atoms in total. The molecule has 0 saturated heterocycles. The topological polar surface area (TPSA) is 23.5 Å². The van der Waals surface area contributed by atoms with Crippen molar-refractivity contribution in [2.45, 2.75) is 19.3 Å². The van der Waals surface area contributed by atoms with Crippen LogP contribution in [0.3, 0.4) is 0 Å². The number of rotatable bonds is 3. The minimum absolute atomic E-state index is 0.290. The van der Waals surface area contributed by atoms with Crippen LogP contribution in [-0.4, -0.2) is 24.8 Å². The fourth-order valence-electron chi connectivity index (χ4n) is 2.11. The molecule has 0 saturated carbocycles. The smallest absolute Gasteiger partial charge is 0.0447 e. The molecule has 0 spiro atoms. The van der Waals surface area contributed by atoms with Crippen LogP contribution in [0.2, 0.25) is 0 Å². The van der Waals surface area contributed by atoms with Gasteiger partial charge in [0, 0.05) is 25.4 Å². The second-order valence-electron chi connectivity index (χ2n) is 3.80. The van der Waals surface area contributed by atoms with E-state index in [4.69, 9.17) is 5.11 Å². The number of aliphatic hydroxyl groups is 1. The number of benzene rings is 1. The molecule has 0 aromatic heterocycles. The SMILES string of the molecule is OCCCN1CCCc2ccccc21. The first-order valence-electron chi connectivity index (χ1n) is 5.35. The number of para-hydroxylation sites is 1. The van der Waals surface area contributed by atoms with Gasteiger partial charge in [0.25, 0.3) is 0 Å². The molecule has 0 unspecified atom stereocenters. The summed E-state index contributed by atoms with van der Waals surface area (Å²) in [5.74, 6) is 0. The first-order valence-corrected chi connectivity index (χ1v) is 5.35. The third kappa shape index (κ3) is 1.90. The Morgan fingerprint density at radius 2 is 2.14 bits per heavy atom. The molecule has 0 atom stereocenters. The van der Waals surface area contributed by atoms with Gasteiger partial charge in [-0.1, -0.05) is 18.2 Å². The number of hydrogen-bond donors (Lipinski definition) is 1. The zero-order valence-electron chi connectivity index (χ0n) is 8.45. The lowest BCUT2D eigenvalue weighted by Gasteiger charge is -2.31. The Bertz CT molecular complexity index is 298. The van der Waals surface area contributed by atoms with E-state index in [1.807, 2.05) is 0 Å². The number of aryl methyl sites for hydroxylation is 1. The van der Waals surface area contributed by atoms with Crippen molar-refractivity contribution in [2.24, 2.45) is 0 Å². The highest BCUT2D eigenvalue weighted by atomic mass is 16.3. The first-order chi connectivity index (χ1) is 6.92. The molecule has 76 valence electrons. The van der Waals surface area contributed by atoms with Gasteiger partial charge in [0.2, 0.25) is 0 Å². The maximum Gasteiger partial charge on any atom is 0.0447 e. The van der Waals surface area contributed by atoms with Crippen LogP contribution in [0.1, 0.15) is 18.4 Å². The van der Waals surface area contributed by atoms with E-state index in [1.54, 1.807) is 0 Å². The van der Waals surface area contributed by atoms with Crippen molar-refractivity contribution in [3.63, 3.8) is 0 Å². The Balaban J connectivity index is 2.14. The zero-order valence-corrected chi connectivity index (χ0v) is 8.45. The van der Waals surface area contributed by atoms with Crippen LogP contribution >= 0.6 is 0 Å². The molecule has 0 amide bonds. The molecule has 1 heterocycles. The van der Waals surface area contributed by atoms with Crippen LogP contribution in [0.4, 0.5) is 5.69 Å². The predicted molar refractivity (Wildman–Crippen MR) is 58.7 cm³/mol. The lowest BCUT2D eigenvalue weighted by molar-refractivity contribution is 0.289. The van der Waals surface area contributed by atoms with Gasteiger partial charge in [-0.15, -0.1) is 0 Å². The average Bonchev–Trinajstić information content (AvgIpc) is 2.26. The largest absolute Gasteiger partial charge is 0.396 e. The van der Waals surface area contributed by atoms with Crippen molar-refractivity contribution < 1.29 is 5.11 Å². The molecule has 1 aromatic rings. The molecular weight excluding hydrogens is 174 g/mol. The van der Waals surface area contributed by atoms with E-state index in [2.05, 4.69) is 29.2 Å². The predicted octanol–water partition coefficient (Wildman–Crippen LogP) is 1.82. The lowest BCUT2D eigenvalue weighted by Crippen LogP contribution is -2.30. The lowest BCUT2D eigenvalue weighted by atomic mass is 10.0. The second kappa shape index (κ2) is 4.47. The van der Waals surface area contributed by atoms with Gasteiger partial charge in [0.05, 0.1) is 0 Å². The monoisotopic (exact) mass is 191 g/mol. The summed E-state index contributed by atoms with van der Waals surface area (Å²) in [6.07, 6.45) is 3.31. The Morgan fingerprint density at radius 1 is 1.29 bits per heavy atom. The molecule has 0 aliphatic carbocycles. The van der Waals surface area contributed by atoms with Gasteiger partial charge >= 0.3 is 0 Å². The molecule has 1 N–H and O–H groups in total. The van der Waals surface area contributed by atoms with Crippen molar-refractivity contribution in [1.82, 2.24) is 0 Å². The number of nitrogens with zero attached hydrogens (tertiary/aromatic N) is 1. The summed E-state index contributed by atoms with van der Waals surface area (Å²) in [7, 11) is 0. The normalized spacial score (nSPS) is 15.4. The third-order valence-electron chi connectivity index (χ3n) is 2.79. The quantitative estimate of drug-likeness (QED) is 0.787. The maximum absolute atomic E-state index is 8.82. The summed E-state index contributed by atoms with van der Waals surface area (Å²) < 4.78 is 0. The van der Waals surface area contributed by atoms with Crippen LogP contribution in [0.15, 0.2) is 24.3 Å². The summed E-state index contributed by atoms with van der Waals surface area (Å²) in [4.78, 5) is 2.38. The minimum atomic E-state index is 0.290. The highest BCUT2D eigenvalue weighted by molar-refractivity contribution is 5.55. The van der Waals surface area contributed by atoms with Gasteiger partial charge in [-0.25, -0.2) is 0 Å². The van der Waals surface area contributed by atoms with E-state index >= 15 is 0 Å². The molecule has 1 aliphatic heterocycles. The summed E-state index contributed by atoms with van der Waals surface area (Å²) in [6, 6.07) is 8.59. The van der Waals surface area contributed by atoms with E-state index in [-0.39, 0.29) is 0 Å². The van der Waals surface area contributed by atoms with Crippen molar-refractivity contribution in [2.75, 3.05) is 24.6 Å². The molecule has 2 rings (SSSR count). The van der Waals surface area contributed by atoms with Crippen molar-refractivity contribution in [1.29, 1.82) is 0 Å². The van der Waals surface area contributed by atoms with E-state index < -0.39 is 0 Å². The van der Waals surface area contributed by atoms with Crippen LogP contribution in [0, 0.1) is 0 Å². The van der Waals surface area contributed by atoms with Crippen molar-refractivity contribution >= 4 is 5.69 Å². The minimum Gasteiger partial charge on any atom is -0.396 e. The standard InChI is InChI=1S/C12H17NO/c14-10-4-9-13-8-3-6-11-5-1-2-7-12(11)13/h1-2,5,7,14H,3-4,6,8-10H2. The third-order valence-corrected chi connectivity index (χ3v) is 2.79. The van der Waals surface area contributed by atoms with E-state index in [0.29, 0.717) is 6.61 Å². The summed E-state index contributed by atoms with van der Waals surface area (Å²) in [5, 5.41) is 8.82. The second-order valence-corrected chi connectivity index (χ2v) is 3.80. The van der Waals surface area contributed by atoms with Crippen LogP contribution in [-0.2, 0) is 6.42 Å². The van der Waals surface area contributed by atoms with Gasteiger partial charge in [-0.3, -0.25) is 0 Å². The van der Waals surface area contributed by atoms with Crippen molar-refractivity contribution in [3.8, 4) is 0 Å². The molecule has 0 radical (unpaired) electrons. The average molecular weight is 191 g/mol. The maximum atomic E-state index is 8.82. The molecule has 1 aromatic carbocycles. The molecule has 2 heteroatoms. The van der Waals surface area contributed by atoms with E-state index in [0.717, 1.165) is 19.5 Å². The molecule has 0 fully saturated rings. The van der Waals surface area contributed by atoms with Crippen molar-refractivity contribution in [3.05, 3.63) is 29.8 Å². The number of aliphatic hydroxyl groups excluding tert-OH is 1. The van der Waals surface area contributed by atoms with Gasteiger partial charge in [-0.05, 0) is 30.9 Å². The Labute approximate surface area is 85.2 Å². The first kappa shape index (κ1) is 9.53. The van der Waals surface area contributed by atoms with Crippen LogP contribution in [0.5, 0.6) is 0 Å². The molecule has 0 bridgehead atoms. The molecule has 14 heavy (non-hydrogen) atoms. The molecule has 1 aliphatic rings. The van der Waals surface area contributed by atoms with Gasteiger partial charge < -0.3 is 10.0 Å². The number of hydrogen-bond acceptors (Lipinski definition) is 2. The fourth-order valence-corrected chi connectivity index (χ4v) is 2.11. The zero-order chi connectivity index (χ0) is 9.80. The van der Waals surface area contributed by atoms with Crippen LogP contribution in [0.25, 0.3) is 0 Å². The Hall–Kier alpha value is -1.02. The fraction of sp³-hybridized carbons (Fsp3) is 0.500. The molecular formula is C12H17NO. The Morgan fingerprint density at radius 3 is 3.00 bits per heavy atom. The Kier molecular flexibility index (Phi) is 3.04. The highest BCUT2D eigenvalue weighted by Gasteiger charge is 2.14. The summed E-state index contributed by atoms with van der Waals surface area (Å²) in [5.41, 5.74) is 2.82. The number of fused-ring (bicyclic) bond motifs is 1. The van der Waals surface area contributed by atoms with Gasteiger partial charge in [0.1, 0.15) is 0 Å². The highest BCUT2D eigenvalue weighted by Crippen LogP contribution is 2.26. The summed E-state index contributed by atoms with van der Waals surface area (Å²) >= 11 is 0. The van der Waals surface area contributed by atoms with Gasteiger partial charge in [0.15, 0.2) is 0 Å². The van der Waals surface area contributed by atoms with E-state index in [1.165, 1.54) is 24.1 Å². The van der Waals surface area contributed by atoms with Crippen LogP contribution < -0.4 is 4.90 Å². The van der Waals surface area contributed by atoms with Gasteiger partial charge in [-0.2, -0.15) is 0 Å². The van der Waals surface area contributed by atoms with E-state index in [9.17, 15) is 0 Å². The summed E-state index contributed by atoms with van der Waals surface area (Å²) in [6.45, 7) is 2.41. The number of anilines is 1.